The molecule has 1 aliphatic heterocycles. The zero-order chi connectivity index (χ0) is 19.6. The second-order valence-corrected chi connectivity index (χ2v) is 6.54. The first-order chi connectivity index (χ1) is 12.9. The molecule has 8 heteroatoms. The van der Waals surface area contributed by atoms with Crippen molar-refractivity contribution in [1.29, 1.82) is 0 Å². The van der Waals surface area contributed by atoms with Crippen molar-refractivity contribution in [3.05, 3.63) is 51.7 Å². The van der Waals surface area contributed by atoms with Crippen LogP contribution in [0.4, 0.5) is 5.69 Å². The molecule has 0 aliphatic carbocycles. The summed E-state index contributed by atoms with van der Waals surface area (Å²) < 4.78 is 5.31. The molecule has 1 fully saturated rings. The Bertz CT molecular complexity index is 938. The topological polar surface area (TPSA) is 104 Å². The monoisotopic (exact) mass is 370 g/mol. The summed E-state index contributed by atoms with van der Waals surface area (Å²) in [5, 5.41) is 2.84. The van der Waals surface area contributed by atoms with E-state index in [-0.39, 0.29) is 36.3 Å². The molecule has 1 atom stereocenters. The first kappa shape index (κ1) is 18.6. The van der Waals surface area contributed by atoms with Crippen LogP contribution in [0.1, 0.15) is 23.5 Å². The SMILES string of the molecule is COc1ccccc1N1CC(NC(=O)Cc2c(C)nc(C)[nH]c2=O)CC1=O. The molecule has 0 saturated carbocycles. The van der Waals surface area contributed by atoms with Gasteiger partial charge in [-0.05, 0) is 26.0 Å². The van der Waals surface area contributed by atoms with Crippen molar-refractivity contribution < 1.29 is 14.3 Å². The van der Waals surface area contributed by atoms with Crippen LogP contribution in [0.25, 0.3) is 0 Å². The minimum atomic E-state index is -0.326. The van der Waals surface area contributed by atoms with Gasteiger partial charge in [0.15, 0.2) is 0 Å². The molecule has 142 valence electrons. The Morgan fingerprint density at radius 1 is 1.33 bits per heavy atom. The van der Waals surface area contributed by atoms with Crippen molar-refractivity contribution in [2.75, 3.05) is 18.6 Å². The fourth-order valence-corrected chi connectivity index (χ4v) is 3.29. The summed E-state index contributed by atoms with van der Waals surface area (Å²) in [5.41, 5.74) is 1.23. The van der Waals surface area contributed by atoms with E-state index in [0.29, 0.717) is 35.1 Å². The van der Waals surface area contributed by atoms with Crippen molar-refractivity contribution in [2.24, 2.45) is 0 Å². The molecule has 27 heavy (non-hydrogen) atoms. The molecule has 8 nitrogen and oxygen atoms in total. The quantitative estimate of drug-likeness (QED) is 0.812. The lowest BCUT2D eigenvalue weighted by Crippen LogP contribution is -2.39. The van der Waals surface area contributed by atoms with Crippen LogP contribution in [0.2, 0.25) is 0 Å². The molecule has 3 rings (SSSR count). The number of aromatic amines is 1. The average Bonchev–Trinajstić information content (AvgIpc) is 2.98. The minimum absolute atomic E-state index is 0.0756. The van der Waals surface area contributed by atoms with Crippen LogP contribution in [0.5, 0.6) is 5.75 Å². The average molecular weight is 370 g/mol. The lowest BCUT2D eigenvalue weighted by atomic mass is 10.1. The Labute approximate surface area is 156 Å². The number of hydrogen-bond acceptors (Lipinski definition) is 5. The number of carbonyl (C=O) groups is 2. The molecule has 2 amide bonds. The van der Waals surface area contributed by atoms with E-state index in [4.69, 9.17) is 4.74 Å². The van der Waals surface area contributed by atoms with E-state index in [9.17, 15) is 14.4 Å². The molecule has 2 N–H and O–H groups in total. The highest BCUT2D eigenvalue weighted by molar-refractivity contribution is 5.98. The predicted octanol–water partition coefficient (Wildman–Crippen LogP) is 0.860. The summed E-state index contributed by atoms with van der Waals surface area (Å²) in [6.07, 6.45) is 0.124. The van der Waals surface area contributed by atoms with Gasteiger partial charge in [0.25, 0.3) is 5.56 Å². The summed E-state index contributed by atoms with van der Waals surface area (Å²) >= 11 is 0. The van der Waals surface area contributed by atoms with Gasteiger partial charge in [0, 0.05) is 24.2 Å². The van der Waals surface area contributed by atoms with Gasteiger partial charge >= 0.3 is 0 Å². The van der Waals surface area contributed by atoms with Crippen LogP contribution in [0.3, 0.4) is 0 Å². The Balaban J connectivity index is 1.68. The normalized spacial score (nSPS) is 16.5. The number of hydrogen-bond donors (Lipinski definition) is 2. The van der Waals surface area contributed by atoms with Gasteiger partial charge in [-0.15, -0.1) is 0 Å². The molecule has 1 aliphatic rings. The van der Waals surface area contributed by atoms with E-state index < -0.39 is 0 Å². The van der Waals surface area contributed by atoms with Crippen molar-refractivity contribution in [3.8, 4) is 5.75 Å². The maximum atomic E-state index is 12.4. The molecule has 2 heterocycles. The number of anilines is 1. The van der Waals surface area contributed by atoms with Gasteiger partial charge in [-0.2, -0.15) is 0 Å². The Morgan fingerprint density at radius 3 is 2.78 bits per heavy atom. The van der Waals surface area contributed by atoms with Gasteiger partial charge in [-0.3, -0.25) is 14.4 Å². The van der Waals surface area contributed by atoms with Crippen LogP contribution in [-0.4, -0.2) is 41.5 Å². The highest BCUT2D eigenvalue weighted by Gasteiger charge is 2.33. The number of H-pyrrole nitrogens is 1. The van der Waals surface area contributed by atoms with Crippen molar-refractivity contribution in [3.63, 3.8) is 0 Å². The van der Waals surface area contributed by atoms with Crippen LogP contribution < -0.4 is 20.5 Å². The van der Waals surface area contributed by atoms with Gasteiger partial charge in [-0.25, -0.2) is 4.98 Å². The standard InChI is InChI=1S/C19H22N4O4/c1-11-14(19(26)21-12(2)20-11)9-17(24)22-13-8-18(25)23(10-13)15-6-4-5-7-16(15)27-3/h4-7,13H,8-10H2,1-3H3,(H,22,24)(H,20,21,26). The summed E-state index contributed by atoms with van der Waals surface area (Å²) in [6, 6.07) is 6.93. The number of nitrogens with one attached hydrogen (secondary N) is 2. The number of benzene rings is 1. The Kier molecular flexibility index (Phi) is 5.25. The van der Waals surface area contributed by atoms with Crippen LogP contribution in [0, 0.1) is 13.8 Å². The first-order valence-electron chi connectivity index (χ1n) is 8.68. The van der Waals surface area contributed by atoms with Gasteiger partial charge in [0.1, 0.15) is 11.6 Å². The summed E-state index contributed by atoms with van der Waals surface area (Å²) in [7, 11) is 1.55. The summed E-state index contributed by atoms with van der Waals surface area (Å²) in [6.45, 7) is 3.74. The van der Waals surface area contributed by atoms with E-state index in [1.165, 1.54) is 0 Å². The number of nitrogens with zero attached hydrogens (tertiary/aromatic N) is 2. The number of aromatic nitrogens is 2. The van der Waals surface area contributed by atoms with E-state index in [1.54, 1.807) is 31.9 Å². The molecule has 2 aromatic rings. The highest BCUT2D eigenvalue weighted by atomic mass is 16.5. The number of rotatable bonds is 5. The lowest BCUT2D eigenvalue weighted by molar-refractivity contribution is -0.121. The van der Waals surface area contributed by atoms with Gasteiger partial charge < -0.3 is 19.9 Å². The zero-order valence-corrected chi connectivity index (χ0v) is 15.5. The van der Waals surface area contributed by atoms with Crippen LogP contribution in [-0.2, 0) is 16.0 Å². The van der Waals surface area contributed by atoms with Gasteiger partial charge in [0.2, 0.25) is 11.8 Å². The maximum absolute atomic E-state index is 12.4. The number of methoxy groups -OCH3 is 1. The number of carbonyl (C=O) groups excluding carboxylic acids is 2. The number of para-hydroxylation sites is 2. The maximum Gasteiger partial charge on any atom is 0.254 e. The van der Waals surface area contributed by atoms with Crippen molar-refractivity contribution >= 4 is 17.5 Å². The van der Waals surface area contributed by atoms with Crippen molar-refractivity contribution in [1.82, 2.24) is 15.3 Å². The predicted molar refractivity (Wildman–Crippen MR) is 99.9 cm³/mol. The third-order valence-electron chi connectivity index (χ3n) is 4.54. The smallest absolute Gasteiger partial charge is 0.254 e. The largest absolute Gasteiger partial charge is 0.495 e. The fourth-order valence-electron chi connectivity index (χ4n) is 3.29. The number of amides is 2. The molecule has 1 aromatic carbocycles. The van der Waals surface area contributed by atoms with E-state index in [0.717, 1.165) is 0 Å². The second kappa shape index (κ2) is 7.61. The molecule has 1 unspecified atom stereocenters. The third-order valence-corrected chi connectivity index (χ3v) is 4.54. The van der Waals surface area contributed by atoms with Crippen LogP contribution >= 0.6 is 0 Å². The molecule has 1 aromatic heterocycles. The van der Waals surface area contributed by atoms with Gasteiger partial charge in [0.05, 0.1) is 25.3 Å². The first-order valence-corrected chi connectivity index (χ1v) is 8.68. The second-order valence-electron chi connectivity index (χ2n) is 6.54. The van der Waals surface area contributed by atoms with E-state index >= 15 is 0 Å². The summed E-state index contributed by atoms with van der Waals surface area (Å²) in [4.78, 5) is 45.2. The van der Waals surface area contributed by atoms with E-state index in [2.05, 4.69) is 15.3 Å². The minimum Gasteiger partial charge on any atom is -0.495 e. The van der Waals surface area contributed by atoms with Gasteiger partial charge in [-0.1, -0.05) is 12.1 Å². The Hall–Kier alpha value is -3.16. The lowest BCUT2D eigenvalue weighted by Gasteiger charge is -2.19. The fraction of sp³-hybridized carbons (Fsp3) is 0.368. The van der Waals surface area contributed by atoms with Crippen molar-refractivity contribution in [2.45, 2.75) is 32.7 Å². The Morgan fingerprint density at radius 2 is 2.07 bits per heavy atom. The third kappa shape index (κ3) is 3.99. The molecule has 0 spiro atoms. The number of aryl methyl sites for hydroxylation is 2. The van der Waals surface area contributed by atoms with Crippen LogP contribution in [0.15, 0.2) is 29.1 Å². The molecule has 0 bridgehead atoms. The summed E-state index contributed by atoms with van der Waals surface area (Å²) in [5.74, 6) is 0.714. The zero-order valence-electron chi connectivity index (χ0n) is 15.5. The number of ether oxygens (including phenoxy) is 1. The molecular weight excluding hydrogens is 348 g/mol. The van der Waals surface area contributed by atoms with E-state index in [1.807, 2.05) is 18.2 Å². The molecule has 0 radical (unpaired) electrons. The molecular formula is C19H22N4O4. The molecule has 1 saturated heterocycles. The highest BCUT2D eigenvalue weighted by Crippen LogP contribution is 2.30.